The van der Waals surface area contributed by atoms with Gasteiger partial charge in [-0.05, 0) is 66.9 Å². The van der Waals surface area contributed by atoms with Crippen LogP contribution in [0.1, 0.15) is 82.3 Å². The molecule has 6 rings (SSSR count). The third-order valence-corrected chi connectivity index (χ3v) is 8.34. The van der Waals surface area contributed by atoms with E-state index in [1.54, 1.807) is 12.4 Å². The SMILES string of the molecule is CCCCCC12CCC(c3ccc(-c4ncc(OCc5ccccc5)cn4)cc3)(CC1)CC2. The van der Waals surface area contributed by atoms with Crippen molar-refractivity contribution in [3.63, 3.8) is 0 Å². The quantitative estimate of drug-likeness (QED) is 0.317. The molecule has 3 fully saturated rings. The Bertz CT molecular complexity index is 1000. The second-order valence-corrected chi connectivity index (χ2v) is 10.3. The predicted molar refractivity (Wildman–Crippen MR) is 134 cm³/mol. The highest BCUT2D eigenvalue weighted by Gasteiger charge is 2.48. The van der Waals surface area contributed by atoms with Crippen LogP contribution in [0, 0.1) is 5.41 Å². The van der Waals surface area contributed by atoms with Gasteiger partial charge in [0.2, 0.25) is 0 Å². The van der Waals surface area contributed by atoms with Crippen molar-refractivity contribution in [3.8, 4) is 17.1 Å². The third-order valence-electron chi connectivity index (χ3n) is 8.34. The van der Waals surface area contributed by atoms with Gasteiger partial charge in [0.1, 0.15) is 6.61 Å². The molecule has 1 heterocycles. The second-order valence-electron chi connectivity index (χ2n) is 10.3. The Hall–Kier alpha value is -2.68. The normalized spacial score (nSPS) is 24.0. The fourth-order valence-corrected chi connectivity index (χ4v) is 6.07. The molecule has 1 aromatic heterocycles. The van der Waals surface area contributed by atoms with Crippen LogP contribution in [0.2, 0.25) is 0 Å². The maximum absolute atomic E-state index is 5.83. The van der Waals surface area contributed by atoms with Gasteiger partial charge in [-0.25, -0.2) is 9.97 Å². The summed E-state index contributed by atoms with van der Waals surface area (Å²) in [4.78, 5) is 9.11. The Balaban J connectivity index is 1.20. The number of hydrogen-bond donors (Lipinski definition) is 0. The Morgan fingerprint density at radius 1 is 0.788 bits per heavy atom. The van der Waals surface area contributed by atoms with Gasteiger partial charge >= 0.3 is 0 Å². The smallest absolute Gasteiger partial charge is 0.159 e. The van der Waals surface area contributed by atoms with E-state index in [9.17, 15) is 0 Å². The number of ether oxygens (including phenoxy) is 1. The summed E-state index contributed by atoms with van der Waals surface area (Å²) < 4.78 is 5.83. The average Bonchev–Trinajstić information content (AvgIpc) is 2.90. The van der Waals surface area contributed by atoms with Crippen molar-refractivity contribution in [1.29, 1.82) is 0 Å². The third kappa shape index (κ3) is 4.83. The lowest BCUT2D eigenvalue weighted by atomic mass is 9.51. The average molecular weight is 441 g/mol. The second kappa shape index (κ2) is 9.67. The molecule has 0 N–H and O–H groups in total. The first-order chi connectivity index (χ1) is 16.2. The van der Waals surface area contributed by atoms with Gasteiger partial charge in [-0.15, -0.1) is 0 Å². The first-order valence-corrected chi connectivity index (χ1v) is 12.8. The molecule has 3 saturated carbocycles. The number of rotatable bonds is 9. The fraction of sp³-hybridized carbons (Fsp3) is 0.467. The molecule has 3 aliphatic carbocycles. The van der Waals surface area contributed by atoms with E-state index in [-0.39, 0.29) is 0 Å². The first kappa shape index (κ1) is 22.1. The molecule has 3 aliphatic rings. The van der Waals surface area contributed by atoms with Crippen molar-refractivity contribution in [1.82, 2.24) is 9.97 Å². The summed E-state index contributed by atoms with van der Waals surface area (Å²) in [6, 6.07) is 19.3. The number of aromatic nitrogens is 2. The molecule has 0 radical (unpaired) electrons. The summed E-state index contributed by atoms with van der Waals surface area (Å²) in [7, 11) is 0. The maximum atomic E-state index is 5.83. The van der Waals surface area contributed by atoms with E-state index in [1.807, 2.05) is 18.2 Å². The van der Waals surface area contributed by atoms with Gasteiger partial charge in [-0.2, -0.15) is 0 Å². The van der Waals surface area contributed by atoms with Gasteiger partial charge in [0.25, 0.3) is 0 Å². The largest absolute Gasteiger partial charge is 0.486 e. The molecule has 3 aromatic rings. The summed E-state index contributed by atoms with van der Waals surface area (Å²) in [5.41, 5.74) is 4.80. The molecular formula is C30H36N2O. The molecule has 0 atom stereocenters. The van der Waals surface area contributed by atoms with Crippen LogP contribution in [0.5, 0.6) is 5.75 Å². The lowest BCUT2D eigenvalue weighted by Crippen LogP contribution is -2.44. The topological polar surface area (TPSA) is 35.0 Å². The molecule has 33 heavy (non-hydrogen) atoms. The number of hydrogen-bond acceptors (Lipinski definition) is 3. The monoisotopic (exact) mass is 440 g/mol. The first-order valence-electron chi connectivity index (χ1n) is 12.8. The molecule has 172 valence electrons. The summed E-state index contributed by atoms with van der Waals surface area (Å²) in [6.07, 6.45) is 17.5. The Morgan fingerprint density at radius 2 is 1.45 bits per heavy atom. The highest BCUT2D eigenvalue weighted by molar-refractivity contribution is 5.56. The van der Waals surface area contributed by atoms with Crippen LogP contribution in [0.25, 0.3) is 11.4 Å². The van der Waals surface area contributed by atoms with Gasteiger partial charge in [0, 0.05) is 5.56 Å². The summed E-state index contributed by atoms with van der Waals surface area (Å²) in [6.45, 7) is 2.84. The number of benzene rings is 2. The van der Waals surface area contributed by atoms with Crippen LogP contribution < -0.4 is 4.74 Å². The van der Waals surface area contributed by atoms with Crippen molar-refractivity contribution >= 4 is 0 Å². The van der Waals surface area contributed by atoms with Crippen LogP contribution in [-0.4, -0.2) is 9.97 Å². The van der Waals surface area contributed by atoms with Crippen LogP contribution in [0.4, 0.5) is 0 Å². The van der Waals surface area contributed by atoms with E-state index in [0.29, 0.717) is 23.2 Å². The summed E-state index contributed by atoms with van der Waals surface area (Å²) >= 11 is 0. The van der Waals surface area contributed by atoms with E-state index in [2.05, 4.69) is 53.3 Å². The Labute approximate surface area is 198 Å². The Kier molecular flexibility index (Phi) is 6.48. The van der Waals surface area contributed by atoms with E-state index in [1.165, 1.54) is 69.8 Å². The molecule has 0 aliphatic heterocycles. The summed E-state index contributed by atoms with van der Waals surface area (Å²) in [5.74, 6) is 1.46. The van der Waals surface area contributed by atoms with Gasteiger partial charge in [0.05, 0.1) is 12.4 Å². The van der Waals surface area contributed by atoms with Crippen molar-refractivity contribution in [2.75, 3.05) is 0 Å². The maximum Gasteiger partial charge on any atom is 0.159 e. The molecule has 0 amide bonds. The molecular weight excluding hydrogens is 404 g/mol. The van der Waals surface area contributed by atoms with Crippen molar-refractivity contribution in [2.45, 2.75) is 83.2 Å². The minimum absolute atomic E-state index is 0.404. The highest BCUT2D eigenvalue weighted by Crippen LogP contribution is 2.59. The number of unbranched alkanes of at least 4 members (excludes halogenated alkanes) is 2. The van der Waals surface area contributed by atoms with E-state index in [0.717, 1.165) is 17.0 Å². The molecule has 3 heteroatoms. The van der Waals surface area contributed by atoms with Crippen LogP contribution in [0.15, 0.2) is 67.0 Å². The zero-order valence-electron chi connectivity index (χ0n) is 19.9. The lowest BCUT2D eigenvalue weighted by molar-refractivity contribution is 0.0305. The molecule has 3 nitrogen and oxygen atoms in total. The molecule has 2 bridgehead atoms. The van der Waals surface area contributed by atoms with Crippen molar-refractivity contribution in [3.05, 3.63) is 78.1 Å². The Morgan fingerprint density at radius 3 is 2.09 bits per heavy atom. The van der Waals surface area contributed by atoms with Crippen molar-refractivity contribution < 1.29 is 4.74 Å². The zero-order chi connectivity index (χ0) is 22.6. The minimum Gasteiger partial charge on any atom is -0.486 e. The van der Waals surface area contributed by atoms with Crippen molar-refractivity contribution in [2.24, 2.45) is 5.41 Å². The molecule has 0 saturated heterocycles. The van der Waals surface area contributed by atoms with E-state index >= 15 is 0 Å². The van der Waals surface area contributed by atoms with Gasteiger partial charge in [-0.3, -0.25) is 0 Å². The van der Waals surface area contributed by atoms with Crippen LogP contribution in [0.3, 0.4) is 0 Å². The number of fused-ring (bicyclic) bond motifs is 3. The van der Waals surface area contributed by atoms with Gasteiger partial charge in [0.15, 0.2) is 11.6 Å². The fourth-order valence-electron chi connectivity index (χ4n) is 6.07. The van der Waals surface area contributed by atoms with Gasteiger partial charge < -0.3 is 4.74 Å². The molecule has 0 spiro atoms. The minimum atomic E-state index is 0.404. The van der Waals surface area contributed by atoms with Crippen LogP contribution >= 0.6 is 0 Å². The van der Waals surface area contributed by atoms with E-state index < -0.39 is 0 Å². The van der Waals surface area contributed by atoms with Crippen LogP contribution in [-0.2, 0) is 12.0 Å². The van der Waals surface area contributed by atoms with Gasteiger partial charge in [-0.1, -0.05) is 80.8 Å². The predicted octanol–water partition coefficient (Wildman–Crippen LogP) is 7.89. The lowest BCUT2D eigenvalue weighted by Gasteiger charge is -2.54. The molecule has 2 aromatic carbocycles. The molecule has 0 unspecified atom stereocenters. The highest BCUT2D eigenvalue weighted by atomic mass is 16.5. The summed E-state index contributed by atoms with van der Waals surface area (Å²) in [5, 5.41) is 0. The van der Waals surface area contributed by atoms with E-state index in [4.69, 9.17) is 4.74 Å². The zero-order valence-corrected chi connectivity index (χ0v) is 19.9. The standard InChI is InChI=1S/C30H36N2O/c1-2-3-7-14-29-15-18-30(19-16-29,20-17-29)26-12-10-25(11-13-26)28-31-21-27(22-32-28)33-23-24-8-5-4-6-9-24/h4-6,8-13,21-22H,2-3,7,14-20,23H2,1H3. The number of nitrogens with zero attached hydrogens (tertiary/aromatic N) is 2.